The molecule has 3 aromatic rings. The van der Waals surface area contributed by atoms with Crippen molar-refractivity contribution < 1.29 is 59.8 Å². The van der Waals surface area contributed by atoms with Crippen LogP contribution in [0.5, 0.6) is 11.5 Å². The molecule has 210 valence electrons. The summed E-state index contributed by atoms with van der Waals surface area (Å²) in [6, 6.07) is 9.45. The normalized spacial score (nSPS) is 33.4. The zero-order valence-electron chi connectivity index (χ0n) is 20.2. The molecule has 0 bridgehead atoms. The van der Waals surface area contributed by atoms with Gasteiger partial charge in [-0.1, -0.05) is 30.3 Å². The van der Waals surface area contributed by atoms with E-state index in [0.29, 0.717) is 5.56 Å². The van der Waals surface area contributed by atoms with Crippen molar-refractivity contribution in [3.63, 3.8) is 0 Å². The Morgan fingerprint density at radius 2 is 1.46 bits per heavy atom. The minimum absolute atomic E-state index is 0.0274. The first kappa shape index (κ1) is 27.5. The average molecular weight is 548 g/mol. The number of aromatic hydroxyl groups is 2. The molecule has 2 unspecified atom stereocenters. The second-order valence-electron chi connectivity index (χ2n) is 9.62. The van der Waals surface area contributed by atoms with Gasteiger partial charge in [0.2, 0.25) is 0 Å². The van der Waals surface area contributed by atoms with Gasteiger partial charge in [0.05, 0.1) is 24.3 Å². The average Bonchev–Trinajstić information content (AvgIpc) is 2.93. The van der Waals surface area contributed by atoms with Gasteiger partial charge in [-0.25, -0.2) is 0 Å². The maximum atomic E-state index is 13.4. The number of fused-ring (bicyclic) bond motifs is 1. The van der Waals surface area contributed by atoms with Crippen LogP contribution in [0.1, 0.15) is 23.3 Å². The third-order valence-corrected chi connectivity index (χ3v) is 7.21. The van der Waals surface area contributed by atoms with Crippen molar-refractivity contribution in [2.24, 2.45) is 0 Å². The van der Waals surface area contributed by atoms with Gasteiger partial charge in [-0.15, -0.1) is 0 Å². The summed E-state index contributed by atoms with van der Waals surface area (Å²) in [4.78, 5) is 13.4. The lowest BCUT2D eigenvalue weighted by Crippen LogP contribution is -2.55. The Bertz CT molecular complexity index is 1400. The topological polar surface area (TPSA) is 231 Å². The van der Waals surface area contributed by atoms with E-state index in [1.807, 2.05) is 0 Å². The first-order valence-corrected chi connectivity index (χ1v) is 12.1. The Kier molecular flexibility index (Phi) is 7.37. The summed E-state index contributed by atoms with van der Waals surface area (Å²) in [5.41, 5.74) is -1.79. The number of aliphatic hydroxyl groups excluding tert-OH is 7. The van der Waals surface area contributed by atoms with Gasteiger partial charge in [0.25, 0.3) is 0 Å². The first-order valence-electron chi connectivity index (χ1n) is 12.1. The minimum Gasteiger partial charge on any atom is -0.507 e. The molecule has 0 aliphatic carbocycles. The molecule has 0 amide bonds. The molecule has 0 saturated carbocycles. The Morgan fingerprint density at radius 1 is 0.795 bits per heavy atom. The van der Waals surface area contributed by atoms with Crippen LogP contribution >= 0.6 is 0 Å². The summed E-state index contributed by atoms with van der Waals surface area (Å²) in [5, 5.41) is 94.0. The summed E-state index contributed by atoms with van der Waals surface area (Å²) in [6.07, 6.45) is -15.4. The molecule has 3 heterocycles. The zero-order chi connectivity index (χ0) is 28.2. The molecule has 0 radical (unpaired) electrons. The lowest BCUT2D eigenvalue weighted by Gasteiger charge is -2.41. The number of aliphatic hydroxyl groups is 7. The Morgan fingerprint density at radius 3 is 2.13 bits per heavy atom. The van der Waals surface area contributed by atoms with Crippen LogP contribution in [0.2, 0.25) is 0 Å². The summed E-state index contributed by atoms with van der Waals surface area (Å²) in [5.74, 6) is -1.75. The predicted octanol–water partition coefficient (Wildman–Crippen LogP) is -1.46. The quantitative estimate of drug-likeness (QED) is 0.182. The van der Waals surface area contributed by atoms with Crippen molar-refractivity contribution >= 4 is 11.0 Å². The molecular formula is C26H28O13. The highest BCUT2D eigenvalue weighted by molar-refractivity contribution is 5.91. The molecule has 9 N–H and O–H groups in total. The van der Waals surface area contributed by atoms with Gasteiger partial charge >= 0.3 is 0 Å². The van der Waals surface area contributed by atoms with Crippen molar-refractivity contribution in [1.82, 2.24) is 0 Å². The number of phenolic OH excluding ortho intramolecular Hbond substituents is 2. The van der Waals surface area contributed by atoms with E-state index in [2.05, 4.69) is 0 Å². The number of rotatable bonds is 4. The molecule has 2 aliphatic heterocycles. The number of phenols is 2. The van der Waals surface area contributed by atoms with Crippen LogP contribution in [0.3, 0.4) is 0 Å². The third-order valence-electron chi connectivity index (χ3n) is 7.21. The van der Waals surface area contributed by atoms with Gasteiger partial charge in [0, 0.05) is 11.6 Å². The number of hydrogen-bond donors (Lipinski definition) is 9. The van der Waals surface area contributed by atoms with E-state index in [4.69, 9.17) is 13.9 Å². The summed E-state index contributed by atoms with van der Waals surface area (Å²) < 4.78 is 17.0. The van der Waals surface area contributed by atoms with E-state index in [-0.39, 0.29) is 5.76 Å². The Hall–Kier alpha value is -3.11. The number of ether oxygens (including phenoxy) is 2. The summed E-state index contributed by atoms with van der Waals surface area (Å²) in [7, 11) is 0. The van der Waals surface area contributed by atoms with Crippen LogP contribution in [-0.2, 0) is 9.47 Å². The van der Waals surface area contributed by atoms with Crippen molar-refractivity contribution in [2.75, 3.05) is 13.2 Å². The highest BCUT2D eigenvalue weighted by atomic mass is 16.5. The van der Waals surface area contributed by atoms with Crippen LogP contribution in [0.15, 0.2) is 45.6 Å². The summed E-state index contributed by atoms with van der Waals surface area (Å²) in [6.45, 7) is -1.29. The lowest BCUT2D eigenvalue weighted by atomic mass is 9.85. The van der Waals surface area contributed by atoms with Gasteiger partial charge in [0.1, 0.15) is 77.6 Å². The van der Waals surface area contributed by atoms with Crippen molar-refractivity contribution in [1.29, 1.82) is 0 Å². The van der Waals surface area contributed by atoms with Gasteiger partial charge in [-0.3, -0.25) is 4.79 Å². The van der Waals surface area contributed by atoms with E-state index < -0.39 is 107 Å². The van der Waals surface area contributed by atoms with Gasteiger partial charge in [0.15, 0.2) is 11.0 Å². The summed E-state index contributed by atoms with van der Waals surface area (Å²) >= 11 is 0. The number of hydrogen-bond acceptors (Lipinski definition) is 13. The molecule has 1 aromatic heterocycles. The maximum Gasteiger partial charge on any atom is 0.197 e. The van der Waals surface area contributed by atoms with Crippen molar-refractivity contribution in [3.8, 4) is 22.8 Å². The van der Waals surface area contributed by atoms with Gasteiger partial charge in [-0.05, 0) is 0 Å². The molecule has 0 spiro atoms. The molecule has 5 rings (SSSR count). The monoisotopic (exact) mass is 548 g/mol. The van der Waals surface area contributed by atoms with Crippen LogP contribution in [-0.4, -0.2) is 102 Å². The Balaban J connectivity index is 1.80. The van der Waals surface area contributed by atoms with Gasteiger partial charge < -0.3 is 59.8 Å². The van der Waals surface area contributed by atoms with E-state index in [9.17, 15) is 50.8 Å². The molecule has 2 fully saturated rings. The molecule has 9 atom stereocenters. The molecule has 2 aliphatic rings. The highest BCUT2D eigenvalue weighted by Gasteiger charge is 2.48. The standard InChI is InChI=1S/C26H28O13/c27-7-13-18(31)21(34)23(36)26(39-13)15-19(32)14-10(28)6-12(9-4-2-1-3-5-9)38-24(14)16(20(15)33)25-22(35)17(30)11(29)8-37-25/h1-6,11,13,17-18,21-23,25-27,29-36H,7-8H2/t11-,13-,17-,18-,21+,22+,23-,25?,26?/m1/s1. The molecule has 2 aromatic carbocycles. The molecule has 13 heteroatoms. The number of benzene rings is 2. The molecule has 39 heavy (non-hydrogen) atoms. The van der Waals surface area contributed by atoms with E-state index in [1.165, 1.54) is 0 Å². The van der Waals surface area contributed by atoms with Gasteiger partial charge in [-0.2, -0.15) is 0 Å². The smallest absolute Gasteiger partial charge is 0.197 e. The largest absolute Gasteiger partial charge is 0.507 e. The van der Waals surface area contributed by atoms with Crippen LogP contribution in [0.25, 0.3) is 22.3 Å². The van der Waals surface area contributed by atoms with Crippen LogP contribution in [0, 0.1) is 0 Å². The predicted molar refractivity (Wildman–Crippen MR) is 131 cm³/mol. The fourth-order valence-electron chi connectivity index (χ4n) is 5.09. The van der Waals surface area contributed by atoms with Crippen LogP contribution in [0.4, 0.5) is 0 Å². The molecule has 2 saturated heterocycles. The first-order chi connectivity index (χ1) is 18.6. The second-order valence-corrected chi connectivity index (χ2v) is 9.62. The lowest BCUT2D eigenvalue weighted by molar-refractivity contribution is -0.232. The SMILES string of the molecule is O=c1cc(-c2ccccc2)oc2c(C3OC[C@@H](O)[C@@H](O)[C@@H]3O)c(O)c(C3O[C@H](CO)[C@@H](O)[C@H](O)[C@H]3O)c(O)c12. The van der Waals surface area contributed by atoms with E-state index in [0.717, 1.165) is 6.07 Å². The maximum absolute atomic E-state index is 13.4. The highest BCUT2D eigenvalue weighted by Crippen LogP contribution is 2.50. The molecule has 13 nitrogen and oxygen atoms in total. The third kappa shape index (κ3) is 4.47. The second kappa shape index (κ2) is 10.5. The molecular weight excluding hydrogens is 520 g/mol. The Labute approximate surface area is 220 Å². The fraction of sp³-hybridized carbons (Fsp3) is 0.423. The minimum atomic E-state index is -1.95. The van der Waals surface area contributed by atoms with Crippen molar-refractivity contribution in [3.05, 3.63) is 57.7 Å². The fourth-order valence-corrected chi connectivity index (χ4v) is 5.09. The van der Waals surface area contributed by atoms with Crippen molar-refractivity contribution in [2.45, 2.75) is 54.9 Å². The van der Waals surface area contributed by atoms with E-state index >= 15 is 0 Å². The van der Waals surface area contributed by atoms with Crippen LogP contribution < -0.4 is 5.43 Å². The zero-order valence-corrected chi connectivity index (χ0v) is 20.2. The van der Waals surface area contributed by atoms with E-state index in [1.54, 1.807) is 30.3 Å².